The third kappa shape index (κ3) is 5.53. The molecule has 0 spiro atoms. The Morgan fingerprint density at radius 2 is 1.94 bits per heavy atom. The highest BCUT2D eigenvalue weighted by Gasteiger charge is 2.32. The van der Waals surface area contributed by atoms with Crippen molar-refractivity contribution >= 4 is 10.9 Å². The molecule has 36 heavy (non-hydrogen) atoms. The van der Waals surface area contributed by atoms with Gasteiger partial charge in [-0.25, -0.2) is 0 Å². The number of fused-ring (bicyclic) bond motifs is 1. The molecule has 5 rings (SSSR count). The zero-order valence-electron chi connectivity index (χ0n) is 21.8. The molecular formula is C29H40N4O3. The maximum absolute atomic E-state index is 12.6. The van der Waals surface area contributed by atoms with Crippen molar-refractivity contribution in [1.29, 1.82) is 0 Å². The number of pyridine rings is 1. The van der Waals surface area contributed by atoms with E-state index in [9.17, 15) is 9.90 Å². The lowest BCUT2D eigenvalue weighted by molar-refractivity contribution is 0.0785. The Labute approximate surface area is 213 Å². The number of aromatic amines is 1. The van der Waals surface area contributed by atoms with E-state index in [0.717, 1.165) is 59.9 Å². The van der Waals surface area contributed by atoms with E-state index in [1.54, 1.807) is 31.7 Å². The Morgan fingerprint density at radius 3 is 2.67 bits per heavy atom. The Kier molecular flexibility index (Phi) is 7.24. The lowest BCUT2D eigenvalue weighted by Crippen LogP contribution is -2.43. The van der Waals surface area contributed by atoms with Crippen molar-refractivity contribution in [3.63, 3.8) is 0 Å². The van der Waals surface area contributed by atoms with Crippen LogP contribution in [-0.4, -0.2) is 58.9 Å². The van der Waals surface area contributed by atoms with Crippen molar-refractivity contribution in [2.24, 2.45) is 18.9 Å². The summed E-state index contributed by atoms with van der Waals surface area (Å²) in [5, 5.41) is 15.0. The van der Waals surface area contributed by atoms with Crippen LogP contribution >= 0.6 is 0 Å². The summed E-state index contributed by atoms with van der Waals surface area (Å²) < 4.78 is 8.17. The molecular weight excluding hydrogens is 452 g/mol. The van der Waals surface area contributed by atoms with Crippen LogP contribution in [0.3, 0.4) is 0 Å². The SMILES string of the molecule is Cn1cc(-c2cc(C(C)(C)O)ccc2OCC(CCCN2CCNCC2)C2CC2)c2cc[nH]c2c1=O. The molecule has 1 atom stereocenters. The molecule has 2 fully saturated rings. The van der Waals surface area contributed by atoms with Gasteiger partial charge in [-0.1, -0.05) is 6.07 Å². The summed E-state index contributed by atoms with van der Waals surface area (Å²) >= 11 is 0. The number of rotatable bonds is 10. The predicted octanol–water partition coefficient (Wildman–Crippen LogP) is 3.85. The van der Waals surface area contributed by atoms with E-state index in [0.29, 0.717) is 18.0 Å². The highest BCUT2D eigenvalue weighted by atomic mass is 16.5. The van der Waals surface area contributed by atoms with Crippen molar-refractivity contribution < 1.29 is 9.84 Å². The topological polar surface area (TPSA) is 82.5 Å². The van der Waals surface area contributed by atoms with E-state index < -0.39 is 5.60 Å². The fourth-order valence-corrected chi connectivity index (χ4v) is 5.46. The molecule has 1 aromatic carbocycles. The minimum atomic E-state index is -0.980. The minimum absolute atomic E-state index is 0.0573. The number of nitrogens with one attached hydrogen (secondary N) is 2. The van der Waals surface area contributed by atoms with E-state index >= 15 is 0 Å². The normalized spacial score (nSPS) is 18.0. The minimum Gasteiger partial charge on any atom is -0.493 e. The summed E-state index contributed by atoms with van der Waals surface area (Å²) in [4.78, 5) is 18.3. The first kappa shape index (κ1) is 25.1. The van der Waals surface area contributed by atoms with E-state index in [1.165, 1.54) is 32.2 Å². The van der Waals surface area contributed by atoms with Crippen molar-refractivity contribution in [1.82, 2.24) is 19.8 Å². The zero-order valence-corrected chi connectivity index (χ0v) is 21.8. The van der Waals surface area contributed by atoms with Crippen molar-refractivity contribution in [3.05, 3.63) is 52.6 Å². The number of H-pyrrole nitrogens is 1. The summed E-state index contributed by atoms with van der Waals surface area (Å²) in [5.74, 6) is 2.13. The maximum Gasteiger partial charge on any atom is 0.274 e. The lowest BCUT2D eigenvalue weighted by Gasteiger charge is -2.28. The van der Waals surface area contributed by atoms with Gasteiger partial charge in [-0.05, 0) is 81.7 Å². The first-order chi connectivity index (χ1) is 17.3. The summed E-state index contributed by atoms with van der Waals surface area (Å²) in [5.41, 5.74) is 2.20. The van der Waals surface area contributed by atoms with Crippen molar-refractivity contribution in [2.75, 3.05) is 39.3 Å². The van der Waals surface area contributed by atoms with Crippen LogP contribution in [0.25, 0.3) is 22.0 Å². The molecule has 0 radical (unpaired) electrons. The second-order valence-corrected chi connectivity index (χ2v) is 11.1. The van der Waals surface area contributed by atoms with Gasteiger partial charge in [0, 0.05) is 62.1 Å². The molecule has 1 saturated heterocycles. The van der Waals surface area contributed by atoms with Gasteiger partial charge in [0.2, 0.25) is 0 Å². The van der Waals surface area contributed by atoms with E-state index in [2.05, 4.69) is 15.2 Å². The summed E-state index contributed by atoms with van der Waals surface area (Å²) in [6.07, 6.45) is 8.68. The predicted molar refractivity (Wildman–Crippen MR) is 144 cm³/mol. The Hall–Kier alpha value is -2.61. The quantitative estimate of drug-likeness (QED) is 0.401. The first-order valence-corrected chi connectivity index (χ1v) is 13.4. The van der Waals surface area contributed by atoms with Crippen LogP contribution in [0.15, 0.2) is 41.5 Å². The maximum atomic E-state index is 12.6. The van der Waals surface area contributed by atoms with Gasteiger partial charge in [-0.15, -0.1) is 0 Å². The molecule has 3 aromatic rings. The number of aryl methyl sites for hydroxylation is 1. The molecule has 194 valence electrons. The van der Waals surface area contributed by atoms with Gasteiger partial charge in [0.05, 0.1) is 12.2 Å². The van der Waals surface area contributed by atoms with Crippen LogP contribution < -0.4 is 15.6 Å². The molecule has 0 amide bonds. The molecule has 3 heterocycles. The summed E-state index contributed by atoms with van der Waals surface area (Å²) in [6.45, 7) is 9.93. The van der Waals surface area contributed by atoms with Crippen LogP contribution in [0.1, 0.15) is 45.1 Å². The monoisotopic (exact) mass is 492 g/mol. The molecule has 7 nitrogen and oxygen atoms in total. The standard InChI is InChI=1S/C29H40N4O3/c1-29(2,35)22-8-9-26(24(17-22)25-18-32(3)28(34)27-23(25)10-11-31-27)36-19-21(20-6-7-20)5-4-14-33-15-12-30-13-16-33/h8-11,17-18,20-21,30-31,35H,4-7,12-16,19H2,1-3H3. The first-order valence-electron chi connectivity index (χ1n) is 13.4. The smallest absolute Gasteiger partial charge is 0.274 e. The number of hydrogen-bond acceptors (Lipinski definition) is 5. The van der Waals surface area contributed by atoms with Crippen LogP contribution in [-0.2, 0) is 12.6 Å². The Balaban J connectivity index is 1.39. The van der Waals surface area contributed by atoms with E-state index in [4.69, 9.17) is 4.74 Å². The summed E-state index contributed by atoms with van der Waals surface area (Å²) in [6, 6.07) is 7.89. The molecule has 2 aliphatic rings. The third-order valence-corrected chi connectivity index (χ3v) is 7.87. The van der Waals surface area contributed by atoms with Gasteiger partial charge >= 0.3 is 0 Å². The molecule has 3 N–H and O–H groups in total. The third-order valence-electron chi connectivity index (χ3n) is 7.87. The number of aliphatic hydroxyl groups is 1. The van der Waals surface area contributed by atoms with Gasteiger partial charge in [0.25, 0.3) is 5.56 Å². The highest BCUT2D eigenvalue weighted by molar-refractivity contribution is 5.95. The molecule has 7 heteroatoms. The lowest BCUT2D eigenvalue weighted by atomic mass is 9.93. The largest absolute Gasteiger partial charge is 0.493 e. The molecule has 1 unspecified atom stereocenters. The van der Waals surface area contributed by atoms with Gasteiger partial charge in [-0.2, -0.15) is 0 Å². The molecule has 1 aliphatic heterocycles. The number of nitrogens with zero attached hydrogens (tertiary/aromatic N) is 2. The van der Waals surface area contributed by atoms with Crippen LogP contribution in [0, 0.1) is 11.8 Å². The van der Waals surface area contributed by atoms with E-state index in [-0.39, 0.29) is 5.56 Å². The number of piperazine rings is 1. The summed E-state index contributed by atoms with van der Waals surface area (Å²) in [7, 11) is 1.77. The number of aromatic nitrogens is 2. The highest BCUT2D eigenvalue weighted by Crippen LogP contribution is 2.41. The van der Waals surface area contributed by atoms with Gasteiger partial charge in [0.15, 0.2) is 0 Å². The molecule has 1 saturated carbocycles. The molecule has 0 bridgehead atoms. The Bertz CT molecular complexity index is 1250. The number of hydrogen-bond donors (Lipinski definition) is 3. The zero-order chi connectivity index (χ0) is 25.3. The fraction of sp³-hybridized carbons (Fsp3) is 0.552. The second-order valence-electron chi connectivity index (χ2n) is 11.1. The van der Waals surface area contributed by atoms with E-state index in [1.807, 2.05) is 30.5 Å². The van der Waals surface area contributed by atoms with Crippen LogP contribution in [0.2, 0.25) is 0 Å². The average Bonchev–Trinajstić information content (AvgIpc) is 3.59. The number of ether oxygens (including phenoxy) is 1. The molecule has 1 aliphatic carbocycles. The van der Waals surface area contributed by atoms with Crippen molar-refractivity contribution in [3.8, 4) is 16.9 Å². The second kappa shape index (κ2) is 10.4. The Morgan fingerprint density at radius 1 is 1.17 bits per heavy atom. The van der Waals surface area contributed by atoms with Crippen LogP contribution in [0.4, 0.5) is 0 Å². The van der Waals surface area contributed by atoms with Gasteiger partial charge in [-0.3, -0.25) is 4.79 Å². The fourth-order valence-electron chi connectivity index (χ4n) is 5.46. The average molecular weight is 493 g/mol. The van der Waals surface area contributed by atoms with Gasteiger partial charge < -0.3 is 29.6 Å². The van der Waals surface area contributed by atoms with Crippen molar-refractivity contribution in [2.45, 2.75) is 45.1 Å². The number of benzene rings is 1. The van der Waals surface area contributed by atoms with Gasteiger partial charge in [0.1, 0.15) is 11.3 Å². The van der Waals surface area contributed by atoms with Crippen LogP contribution in [0.5, 0.6) is 5.75 Å². The molecule has 2 aromatic heterocycles.